The van der Waals surface area contributed by atoms with Gasteiger partial charge >= 0.3 is 0 Å². The normalized spacial score (nSPS) is 15.0. The summed E-state index contributed by atoms with van der Waals surface area (Å²) in [5, 5.41) is 11.0. The van der Waals surface area contributed by atoms with Gasteiger partial charge in [-0.2, -0.15) is 0 Å². The molecule has 1 aromatic rings. The molecule has 0 aromatic heterocycles. The minimum Gasteiger partial charge on any atom is -0.387 e. The molecule has 84 valence electrons. The van der Waals surface area contributed by atoms with Crippen LogP contribution in [0.4, 0.5) is 0 Å². The number of benzene rings is 1. The van der Waals surface area contributed by atoms with E-state index in [-0.39, 0.29) is 6.61 Å². The Morgan fingerprint density at radius 3 is 2.67 bits per heavy atom. The molecule has 0 fully saturated rings. The average Bonchev–Trinajstić information content (AvgIpc) is 2.12. The van der Waals surface area contributed by atoms with Gasteiger partial charge in [-0.25, -0.2) is 0 Å². The van der Waals surface area contributed by atoms with E-state index in [1.54, 1.807) is 20.1 Å². The van der Waals surface area contributed by atoms with E-state index < -0.39 is 5.60 Å². The van der Waals surface area contributed by atoms with Crippen LogP contribution in [0.2, 0.25) is 10.0 Å². The molecule has 1 aromatic carbocycles. The molecule has 4 heteroatoms. The van der Waals surface area contributed by atoms with Gasteiger partial charge in [0.25, 0.3) is 0 Å². The molecule has 15 heavy (non-hydrogen) atoms. The first-order valence-electron chi connectivity index (χ1n) is 4.60. The van der Waals surface area contributed by atoms with Gasteiger partial charge in [0.15, 0.2) is 0 Å². The zero-order chi connectivity index (χ0) is 11.5. The van der Waals surface area contributed by atoms with E-state index in [0.717, 1.165) is 5.56 Å². The molecule has 2 nitrogen and oxygen atoms in total. The zero-order valence-corrected chi connectivity index (χ0v) is 10.3. The van der Waals surface area contributed by atoms with Crippen molar-refractivity contribution in [2.75, 3.05) is 13.7 Å². The predicted octanol–water partition coefficient (Wildman–Crippen LogP) is 2.93. The number of aliphatic hydroxyl groups is 1. The van der Waals surface area contributed by atoms with Gasteiger partial charge in [-0.05, 0) is 18.6 Å². The Kier molecular flexibility index (Phi) is 4.41. The number of rotatable bonds is 4. The Labute approximate surface area is 99.8 Å². The van der Waals surface area contributed by atoms with Crippen LogP contribution in [0.25, 0.3) is 0 Å². The fourth-order valence-electron chi connectivity index (χ4n) is 1.46. The first-order valence-corrected chi connectivity index (χ1v) is 5.36. The Hall–Kier alpha value is -0.280. The van der Waals surface area contributed by atoms with Gasteiger partial charge < -0.3 is 9.84 Å². The maximum absolute atomic E-state index is 9.96. The van der Waals surface area contributed by atoms with E-state index >= 15 is 0 Å². The van der Waals surface area contributed by atoms with Crippen LogP contribution in [-0.2, 0) is 11.2 Å². The first kappa shape index (κ1) is 12.8. The summed E-state index contributed by atoms with van der Waals surface area (Å²) >= 11 is 11.9. The molecule has 0 aliphatic carbocycles. The highest BCUT2D eigenvalue weighted by Crippen LogP contribution is 2.28. The minimum atomic E-state index is -0.928. The SMILES string of the molecule is COCC(C)(O)Cc1cccc(Cl)c1Cl. The van der Waals surface area contributed by atoms with E-state index in [2.05, 4.69) is 0 Å². The number of hydrogen-bond donors (Lipinski definition) is 1. The summed E-state index contributed by atoms with van der Waals surface area (Å²) in [6.45, 7) is 1.96. The van der Waals surface area contributed by atoms with Gasteiger partial charge in [0.1, 0.15) is 0 Å². The van der Waals surface area contributed by atoms with Crippen molar-refractivity contribution in [3.8, 4) is 0 Å². The van der Waals surface area contributed by atoms with E-state index in [9.17, 15) is 5.11 Å². The second-order valence-corrected chi connectivity index (χ2v) is 4.60. The van der Waals surface area contributed by atoms with Crippen molar-refractivity contribution in [1.29, 1.82) is 0 Å². The largest absolute Gasteiger partial charge is 0.387 e. The molecule has 0 saturated carbocycles. The van der Waals surface area contributed by atoms with Gasteiger partial charge in [0.2, 0.25) is 0 Å². The van der Waals surface area contributed by atoms with Crippen molar-refractivity contribution < 1.29 is 9.84 Å². The monoisotopic (exact) mass is 248 g/mol. The van der Waals surface area contributed by atoms with E-state index in [0.29, 0.717) is 16.5 Å². The summed E-state index contributed by atoms with van der Waals surface area (Å²) in [7, 11) is 1.55. The second kappa shape index (κ2) is 5.17. The van der Waals surface area contributed by atoms with Crippen LogP contribution >= 0.6 is 23.2 Å². The number of ether oxygens (including phenoxy) is 1. The van der Waals surface area contributed by atoms with Crippen molar-refractivity contribution in [2.24, 2.45) is 0 Å². The molecule has 0 radical (unpaired) electrons. The van der Waals surface area contributed by atoms with Crippen LogP contribution in [0.15, 0.2) is 18.2 Å². The zero-order valence-electron chi connectivity index (χ0n) is 8.76. The van der Waals surface area contributed by atoms with E-state index in [4.69, 9.17) is 27.9 Å². The topological polar surface area (TPSA) is 29.5 Å². The minimum absolute atomic E-state index is 0.260. The van der Waals surface area contributed by atoms with Gasteiger partial charge in [-0.15, -0.1) is 0 Å². The van der Waals surface area contributed by atoms with Crippen molar-refractivity contribution in [3.63, 3.8) is 0 Å². The smallest absolute Gasteiger partial charge is 0.0892 e. The summed E-state index contributed by atoms with van der Waals surface area (Å²) in [6.07, 6.45) is 0.417. The Morgan fingerprint density at radius 2 is 2.07 bits per heavy atom. The first-order chi connectivity index (χ1) is 6.96. The van der Waals surface area contributed by atoms with Gasteiger partial charge in [0, 0.05) is 13.5 Å². The molecule has 1 rings (SSSR count). The molecular weight excluding hydrogens is 235 g/mol. The lowest BCUT2D eigenvalue weighted by Gasteiger charge is -2.22. The third-order valence-corrected chi connectivity index (χ3v) is 2.92. The van der Waals surface area contributed by atoms with Crippen LogP contribution in [0.5, 0.6) is 0 Å². The van der Waals surface area contributed by atoms with Crippen molar-refractivity contribution in [2.45, 2.75) is 18.9 Å². The lowest BCUT2D eigenvalue weighted by Crippen LogP contribution is -2.32. The van der Waals surface area contributed by atoms with Crippen LogP contribution in [0.1, 0.15) is 12.5 Å². The standard InChI is InChI=1S/C11H14Cl2O2/c1-11(14,7-15-2)6-8-4-3-5-9(12)10(8)13/h3-5,14H,6-7H2,1-2H3. The lowest BCUT2D eigenvalue weighted by molar-refractivity contribution is -0.0160. The highest BCUT2D eigenvalue weighted by atomic mass is 35.5. The van der Waals surface area contributed by atoms with Crippen molar-refractivity contribution in [3.05, 3.63) is 33.8 Å². The molecule has 0 amide bonds. The van der Waals surface area contributed by atoms with Gasteiger partial charge in [0.05, 0.1) is 22.3 Å². The molecule has 1 N–H and O–H groups in total. The van der Waals surface area contributed by atoms with Crippen molar-refractivity contribution in [1.82, 2.24) is 0 Å². The quantitative estimate of drug-likeness (QED) is 0.888. The lowest BCUT2D eigenvalue weighted by atomic mass is 9.97. The predicted molar refractivity (Wildman–Crippen MR) is 62.7 cm³/mol. The Morgan fingerprint density at radius 1 is 1.40 bits per heavy atom. The van der Waals surface area contributed by atoms with E-state index in [1.165, 1.54) is 0 Å². The van der Waals surface area contributed by atoms with Crippen LogP contribution in [0.3, 0.4) is 0 Å². The molecule has 1 atom stereocenters. The number of halogens is 2. The number of methoxy groups -OCH3 is 1. The molecule has 1 unspecified atom stereocenters. The molecule has 0 aliphatic heterocycles. The maximum atomic E-state index is 9.96. The molecule has 0 bridgehead atoms. The molecular formula is C11H14Cl2O2. The highest BCUT2D eigenvalue weighted by molar-refractivity contribution is 6.42. The summed E-state index contributed by atoms with van der Waals surface area (Å²) < 4.78 is 4.92. The second-order valence-electron chi connectivity index (χ2n) is 3.82. The third-order valence-electron chi connectivity index (χ3n) is 2.06. The Balaban J connectivity index is 2.85. The van der Waals surface area contributed by atoms with Crippen molar-refractivity contribution >= 4 is 23.2 Å². The Bertz CT molecular complexity index is 337. The summed E-state index contributed by atoms with van der Waals surface area (Å²) in [6, 6.07) is 5.38. The van der Waals surface area contributed by atoms with Crippen LogP contribution in [-0.4, -0.2) is 24.4 Å². The highest BCUT2D eigenvalue weighted by Gasteiger charge is 2.22. The van der Waals surface area contributed by atoms with E-state index in [1.807, 2.05) is 12.1 Å². The van der Waals surface area contributed by atoms with Gasteiger partial charge in [-0.3, -0.25) is 0 Å². The molecule has 0 spiro atoms. The molecule has 0 heterocycles. The summed E-state index contributed by atoms with van der Waals surface area (Å²) in [5.41, 5.74) is -0.102. The third kappa shape index (κ3) is 3.65. The fourth-order valence-corrected chi connectivity index (χ4v) is 1.84. The number of hydrogen-bond acceptors (Lipinski definition) is 2. The molecule has 0 aliphatic rings. The van der Waals surface area contributed by atoms with Crippen LogP contribution in [0, 0.1) is 0 Å². The average molecular weight is 249 g/mol. The molecule has 0 saturated heterocycles. The summed E-state index contributed by atoms with van der Waals surface area (Å²) in [5.74, 6) is 0. The maximum Gasteiger partial charge on any atom is 0.0892 e. The van der Waals surface area contributed by atoms with Crippen LogP contribution < -0.4 is 0 Å². The summed E-state index contributed by atoms with van der Waals surface area (Å²) in [4.78, 5) is 0. The fraction of sp³-hybridized carbons (Fsp3) is 0.455. The van der Waals surface area contributed by atoms with Gasteiger partial charge in [-0.1, -0.05) is 35.3 Å².